The monoisotopic (exact) mass is 498 g/mol. The van der Waals surface area contributed by atoms with Gasteiger partial charge in [-0.3, -0.25) is 13.6 Å². The van der Waals surface area contributed by atoms with Gasteiger partial charge < -0.3 is 9.84 Å². The topological polar surface area (TPSA) is 91.3 Å². The van der Waals surface area contributed by atoms with Crippen LogP contribution in [0.3, 0.4) is 0 Å². The summed E-state index contributed by atoms with van der Waals surface area (Å²) in [5, 5.41) is 9.81. The van der Waals surface area contributed by atoms with Crippen molar-refractivity contribution < 1.29 is 32.8 Å². The van der Waals surface area contributed by atoms with E-state index < -0.39 is 25.3 Å². The molecule has 3 aromatic rings. The lowest BCUT2D eigenvalue weighted by atomic mass is 9.87. The van der Waals surface area contributed by atoms with Crippen LogP contribution in [0.15, 0.2) is 91.0 Å². The molecule has 0 fully saturated rings. The largest absolute Gasteiger partial charge is 0.479 e. The molecule has 3 rings (SSSR count). The van der Waals surface area contributed by atoms with Crippen LogP contribution in [0.5, 0.6) is 0 Å². The third kappa shape index (κ3) is 8.73. The SMILES string of the molecule is CC(C)(COP(=O)(OCc1ccccc1)OCc1ccccc1)[C@@H](OCc1ccccc1)C(=O)O. The number of hydrogen-bond donors (Lipinski definition) is 1. The molecule has 0 saturated carbocycles. The van der Waals surface area contributed by atoms with Crippen LogP contribution in [-0.2, 0) is 47.5 Å². The summed E-state index contributed by atoms with van der Waals surface area (Å²) >= 11 is 0. The second kappa shape index (κ2) is 12.8. The first-order chi connectivity index (χ1) is 16.8. The third-order valence-corrected chi connectivity index (χ3v) is 6.59. The molecule has 1 N–H and O–H groups in total. The standard InChI is InChI=1S/C27H31O7P/c1-27(2,25(26(28)29)31-18-22-12-6-3-7-13-22)21-34-35(30,32-19-23-14-8-4-9-15-23)33-20-24-16-10-5-11-17-24/h3-17,25H,18-21H2,1-2H3,(H,28,29)/t25-/m0/s1. The Morgan fingerprint density at radius 2 is 1.14 bits per heavy atom. The summed E-state index contributed by atoms with van der Waals surface area (Å²) in [5.74, 6) is -1.14. The molecule has 0 unspecified atom stereocenters. The normalized spacial score (nSPS) is 12.9. The maximum absolute atomic E-state index is 13.5. The van der Waals surface area contributed by atoms with Crippen molar-refractivity contribution in [2.45, 2.75) is 39.8 Å². The summed E-state index contributed by atoms with van der Waals surface area (Å²) in [6.07, 6.45) is -1.21. The molecule has 0 amide bonds. The van der Waals surface area contributed by atoms with Gasteiger partial charge in [0.2, 0.25) is 0 Å². The number of phosphoric acid groups is 1. The molecule has 0 aliphatic carbocycles. The number of benzene rings is 3. The first-order valence-corrected chi connectivity index (χ1v) is 12.7. The molecule has 186 valence electrons. The minimum absolute atomic E-state index is 0.0141. The van der Waals surface area contributed by atoms with Gasteiger partial charge in [-0.1, -0.05) is 105 Å². The minimum Gasteiger partial charge on any atom is -0.479 e. The Morgan fingerprint density at radius 3 is 1.54 bits per heavy atom. The molecule has 0 saturated heterocycles. The van der Waals surface area contributed by atoms with Crippen LogP contribution in [0.4, 0.5) is 0 Å². The Balaban J connectivity index is 1.68. The predicted molar refractivity (Wildman–Crippen MR) is 132 cm³/mol. The van der Waals surface area contributed by atoms with E-state index in [9.17, 15) is 14.5 Å². The molecule has 0 bridgehead atoms. The van der Waals surface area contributed by atoms with E-state index in [1.165, 1.54) is 0 Å². The van der Waals surface area contributed by atoms with E-state index in [-0.39, 0.29) is 26.4 Å². The lowest BCUT2D eigenvalue weighted by molar-refractivity contribution is -0.162. The molecule has 0 aliphatic rings. The number of carboxylic acids is 1. The van der Waals surface area contributed by atoms with Crippen LogP contribution >= 0.6 is 7.82 Å². The van der Waals surface area contributed by atoms with Crippen LogP contribution in [0.25, 0.3) is 0 Å². The molecule has 0 spiro atoms. The van der Waals surface area contributed by atoms with Gasteiger partial charge in [-0.15, -0.1) is 0 Å². The zero-order valence-electron chi connectivity index (χ0n) is 19.9. The highest BCUT2D eigenvalue weighted by Crippen LogP contribution is 2.52. The number of carboxylic acid groups (broad SMARTS) is 1. The molecule has 3 aromatic carbocycles. The van der Waals surface area contributed by atoms with Gasteiger partial charge in [0.25, 0.3) is 0 Å². The summed E-state index contributed by atoms with van der Waals surface area (Å²) in [6.45, 7) is 3.28. The lowest BCUT2D eigenvalue weighted by Gasteiger charge is -2.32. The fraction of sp³-hybridized carbons (Fsp3) is 0.296. The quantitative estimate of drug-likeness (QED) is 0.263. The van der Waals surface area contributed by atoms with Gasteiger partial charge in [-0.05, 0) is 16.7 Å². The summed E-state index contributed by atoms with van der Waals surface area (Å²) in [6, 6.07) is 27.8. The molecule has 8 heteroatoms. The van der Waals surface area contributed by atoms with Crippen molar-refractivity contribution in [3.63, 3.8) is 0 Å². The van der Waals surface area contributed by atoms with Crippen molar-refractivity contribution in [2.75, 3.05) is 6.61 Å². The third-order valence-electron chi connectivity index (χ3n) is 5.25. The van der Waals surface area contributed by atoms with E-state index >= 15 is 0 Å². The second-order valence-corrected chi connectivity index (χ2v) is 10.4. The maximum atomic E-state index is 13.5. The van der Waals surface area contributed by atoms with Crippen molar-refractivity contribution in [2.24, 2.45) is 5.41 Å². The van der Waals surface area contributed by atoms with Crippen LogP contribution in [0.1, 0.15) is 30.5 Å². The van der Waals surface area contributed by atoms with E-state index in [0.29, 0.717) is 0 Å². The van der Waals surface area contributed by atoms with Crippen LogP contribution in [0.2, 0.25) is 0 Å². The molecule has 1 atom stereocenters. The summed E-state index contributed by atoms with van der Waals surface area (Å²) in [5.41, 5.74) is 1.41. The molecular formula is C27H31O7P. The number of phosphoric ester groups is 1. The van der Waals surface area contributed by atoms with Crippen molar-refractivity contribution in [1.82, 2.24) is 0 Å². The van der Waals surface area contributed by atoms with Crippen molar-refractivity contribution in [1.29, 1.82) is 0 Å². The first-order valence-electron chi connectivity index (χ1n) is 11.3. The fourth-order valence-corrected chi connectivity index (χ4v) is 4.60. The molecular weight excluding hydrogens is 467 g/mol. The maximum Gasteiger partial charge on any atom is 0.475 e. The Kier molecular flexibility index (Phi) is 9.78. The highest BCUT2D eigenvalue weighted by Gasteiger charge is 2.40. The first kappa shape index (κ1) is 26.8. The van der Waals surface area contributed by atoms with Gasteiger partial charge in [0.15, 0.2) is 6.10 Å². The fourth-order valence-electron chi connectivity index (χ4n) is 3.27. The highest BCUT2D eigenvalue weighted by atomic mass is 31.2. The summed E-state index contributed by atoms with van der Waals surface area (Å²) in [4.78, 5) is 12.0. The lowest BCUT2D eigenvalue weighted by Crippen LogP contribution is -2.41. The molecule has 0 heterocycles. The predicted octanol–water partition coefficient (Wildman–Crippen LogP) is 6.24. The molecule has 7 nitrogen and oxygen atoms in total. The van der Waals surface area contributed by atoms with E-state index in [0.717, 1.165) is 16.7 Å². The van der Waals surface area contributed by atoms with E-state index in [1.807, 2.05) is 91.0 Å². The van der Waals surface area contributed by atoms with Gasteiger partial charge in [-0.25, -0.2) is 9.36 Å². The van der Waals surface area contributed by atoms with Crippen molar-refractivity contribution in [3.05, 3.63) is 108 Å². The van der Waals surface area contributed by atoms with Crippen LogP contribution in [0, 0.1) is 5.41 Å². The zero-order valence-corrected chi connectivity index (χ0v) is 20.8. The smallest absolute Gasteiger partial charge is 0.475 e. The van der Waals surface area contributed by atoms with E-state index in [1.54, 1.807) is 13.8 Å². The highest BCUT2D eigenvalue weighted by molar-refractivity contribution is 7.48. The molecule has 0 aromatic heterocycles. The second-order valence-electron chi connectivity index (χ2n) is 8.74. The van der Waals surface area contributed by atoms with Gasteiger partial charge >= 0.3 is 13.8 Å². The summed E-state index contributed by atoms with van der Waals surface area (Å²) < 4.78 is 36.2. The Bertz CT molecular complexity index is 1040. The minimum atomic E-state index is -4.04. The molecule has 35 heavy (non-hydrogen) atoms. The van der Waals surface area contributed by atoms with Crippen molar-refractivity contribution in [3.8, 4) is 0 Å². The van der Waals surface area contributed by atoms with Crippen LogP contribution in [-0.4, -0.2) is 23.8 Å². The Hall–Kier alpha value is -2.80. The van der Waals surface area contributed by atoms with E-state index in [2.05, 4.69) is 0 Å². The van der Waals surface area contributed by atoms with Gasteiger partial charge in [0, 0.05) is 5.41 Å². The number of hydrogen-bond acceptors (Lipinski definition) is 6. The average molecular weight is 499 g/mol. The summed E-state index contributed by atoms with van der Waals surface area (Å²) in [7, 11) is -4.04. The number of aliphatic carboxylic acids is 1. The number of ether oxygens (including phenoxy) is 1. The average Bonchev–Trinajstić information content (AvgIpc) is 2.87. The zero-order chi connectivity index (χ0) is 25.2. The molecule has 0 radical (unpaired) electrons. The Labute approximate surface area is 206 Å². The van der Waals surface area contributed by atoms with Gasteiger partial charge in [0.05, 0.1) is 26.4 Å². The van der Waals surface area contributed by atoms with Crippen molar-refractivity contribution >= 4 is 13.8 Å². The Morgan fingerprint density at radius 1 is 0.743 bits per heavy atom. The number of carbonyl (C=O) groups is 1. The van der Waals surface area contributed by atoms with Gasteiger partial charge in [-0.2, -0.15) is 0 Å². The van der Waals surface area contributed by atoms with Crippen LogP contribution < -0.4 is 0 Å². The van der Waals surface area contributed by atoms with E-state index in [4.69, 9.17) is 18.3 Å². The van der Waals surface area contributed by atoms with Gasteiger partial charge in [0.1, 0.15) is 0 Å². The molecule has 0 aliphatic heterocycles. The number of rotatable bonds is 14.